The Morgan fingerprint density at radius 2 is 1.92 bits per heavy atom. The molecule has 4 aliphatic carbocycles. The Kier molecular flexibility index (Phi) is 5.32. The van der Waals surface area contributed by atoms with E-state index in [2.05, 4.69) is 6.58 Å². The first-order valence-corrected chi connectivity index (χ1v) is 13.0. The largest absolute Gasteiger partial charge is 0.469 e. The van der Waals surface area contributed by atoms with Crippen LogP contribution in [0.15, 0.2) is 12.2 Å². The Labute approximate surface area is 209 Å². The minimum atomic E-state index is -1.55. The maximum Gasteiger partial charge on any atom is 0.312 e. The number of esters is 2. The van der Waals surface area contributed by atoms with E-state index in [1.54, 1.807) is 0 Å². The zero-order valence-corrected chi connectivity index (χ0v) is 20.7. The lowest BCUT2D eigenvalue weighted by atomic mass is 9.60. The highest BCUT2D eigenvalue weighted by atomic mass is 16.7. The van der Waals surface area contributed by atoms with Gasteiger partial charge in [-0.3, -0.25) is 9.59 Å². The van der Waals surface area contributed by atoms with Crippen molar-refractivity contribution in [3.8, 4) is 0 Å². The summed E-state index contributed by atoms with van der Waals surface area (Å²) in [5.74, 6) is -1.49. The van der Waals surface area contributed by atoms with Crippen LogP contribution in [0.25, 0.3) is 0 Å². The lowest BCUT2D eigenvalue weighted by molar-refractivity contribution is -0.326. The Hall–Kier alpha value is -1.56. The number of aliphatic hydroxyl groups excluding tert-OH is 4. The quantitative estimate of drug-likeness (QED) is 0.306. The molecule has 6 aliphatic rings. The fraction of sp³-hybridized carbons (Fsp3) is 0.846. The van der Waals surface area contributed by atoms with E-state index in [4.69, 9.17) is 18.9 Å². The van der Waals surface area contributed by atoms with Crippen LogP contribution in [0.5, 0.6) is 0 Å². The summed E-state index contributed by atoms with van der Waals surface area (Å²) in [6.07, 6.45) is -2.66. The van der Waals surface area contributed by atoms with E-state index in [1.807, 2.05) is 6.92 Å². The lowest BCUT2D eigenvalue weighted by Crippen LogP contribution is -2.61. The zero-order valence-electron chi connectivity index (χ0n) is 20.7. The fourth-order valence-electron chi connectivity index (χ4n) is 9.35. The van der Waals surface area contributed by atoms with Gasteiger partial charge < -0.3 is 39.4 Å². The number of carbonyl (C=O) groups excluding carboxylic acids is 2. The van der Waals surface area contributed by atoms with Gasteiger partial charge in [0.2, 0.25) is 0 Å². The molecule has 10 nitrogen and oxygen atoms in total. The Morgan fingerprint density at radius 1 is 1.17 bits per heavy atom. The monoisotopic (exact) mass is 508 g/mol. The molecule has 4 saturated carbocycles. The van der Waals surface area contributed by atoms with Crippen LogP contribution in [0.3, 0.4) is 0 Å². The third-order valence-corrected chi connectivity index (χ3v) is 10.7. The molecule has 0 amide bonds. The number of fused-ring (bicyclic) bond motifs is 1. The van der Waals surface area contributed by atoms with E-state index in [9.17, 15) is 30.0 Å². The standard InChI is InChI=1S/C26H36O10/c1-12-9-24-11-25(12,35-21-18(30)17(29)16(28)13(10-27)34-21)8-5-14(24)26-7-4-6-23(2,22(32)36-26)19(26)15(24)20(31)33-3/h13-19,21,27-30H,1,4-11H2,2-3H3/t13-,14-,15-,16-,17+,18-,19-,21+,23-,24+,25+,26-/m1/s1. The van der Waals surface area contributed by atoms with Gasteiger partial charge in [0.15, 0.2) is 6.29 Å². The van der Waals surface area contributed by atoms with Crippen molar-refractivity contribution >= 4 is 11.9 Å². The third kappa shape index (κ3) is 2.78. The van der Waals surface area contributed by atoms with Crippen LogP contribution in [0.1, 0.15) is 51.9 Å². The average molecular weight is 509 g/mol. The first-order valence-electron chi connectivity index (χ1n) is 13.0. The van der Waals surface area contributed by atoms with Gasteiger partial charge in [-0.25, -0.2) is 0 Å². The third-order valence-electron chi connectivity index (χ3n) is 10.7. The molecule has 0 unspecified atom stereocenters. The molecular formula is C26H36O10. The molecule has 2 heterocycles. The summed E-state index contributed by atoms with van der Waals surface area (Å²) < 4.78 is 23.7. The summed E-state index contributed by atoms with van der Waals surface area (Å²) in [4.78, 5) is 26.6. The van der Waals surface area contributed by atoms with Crippen LogP contribution in [0, 0.1) is 28.6 Å². The second-order valence-corrected chi connectivity index (χ2v) is 12.2. The van der Waals surface area contributed by atoms with Crippen LogP contribution >= 0.6 is 0 Å². The smallest absolute Gasteiger partial charge is 0.312 e. The lowest BCUT2D eigenvalue weighted by Gasteiger charge is -2.49. The second-order valence-electron chi connectivity index (χ2n) is 12.2. The normalized spacial score (nSPS) is 55.2. The zero-order chi connectivity index (χ0) is 25.8. The molecule has 0 aromatic rings. The maximum atomic E-state index is 13.5. The molecule has 36 heavy (non-hydrogen) atoms. The number of rotatable bonds is 4. The number of hydrogen-bond donors (Lipinski definition) is 4. The Balaban J connectivity index is 1.39. The van der Waals surface area contributed by atoms with Gasteiger partial charge in [-0.15, -0.1) is 0 Å². The second kappa shape index (κ2) is 7.74. The van der Waals surface area contributed by atoms with Crippen LogP contribution < -0.4 is 0 Å². The summed E-state index contributed by atoms with van der Waals surface area (Å²) in [6, 6.07) is 0. The summed E-state index contributed by atoms with van der Waals surface area (Å²) in [6.45, 7) is 5.70. The van der Waals surface area contributed by atoms with Crippen molar-refractivity contribution in [2.24, 2.45) is 28.6 Å². The van der Waals surface area contributed by atoms with Crippen molar-refractivity contribution < 1.29 is 49.0 Å². The minimum absolute atomic E-state index is 0.0593. The number of ether oxygens (including phenoxy) is 4. The van der Waals surface area contributed by atoms with E-state index in [0.717, 1.165) is 12.0 Å². The number of carbonyl (C=O) groups is 2. The average Bonchev–Trinajstić information content (AvgIpc) is 3.26. The van der Waals surface area contributed by atoms with Crippen molar-refractivity contribution in [2.45, 2.75) is 93.8 Å². The first kappa shape index (κ1) is 24.8. The van der Waals surface area contributed by atoms with Crippen molar-refractivity contribution in [1.29, 1.82) is 0 Å². The van der Waals surface area contributed by atoms with E-state index < -0.39 is 65.3 Å². The summed E-state index contributed by atoms with van der Waals surface area (Å²) in [5, 5.41) is 40.7. The van der Waals surface area contributed by atoms with Gasteiger partial charge in [0.05, 0.1) is 30.7 Å². The summed E-state index contributed by atoms with van der Waals surface area (Å²) in [7, 11) is 1.37. The highest BCUT2D eigenvalue weighted by molar-refractivity contribution is 5.85. The topological polar surface area (TPSA) is 152 Å². The molecule has 200 valence electrons. The summed E-state index contributed by atoms with van der Waals surface area (Å²) in [5.41, 5.74) is -2.24. The van der Waals surface area contributed by atoms with Gasteiger partial charge in [0.25, 0.3) is 0 Å². The van der Waals surface area contributed by atoms with Crippen LogP contribution in [-0.2, 0) is 28.5 Å². The molecule has 1 spiro atoms. The van der Waals surface area contributed by atoms with E-state index in [0.29, 0.717) is 38.5 Å². The Bertz CT molecular complexity index is 997. The van der Waals surface area contributed by atoms with Crippen molar-refractivity contribution in [3.63, 3.8) is 0 Å². The molecule has 10 heteroatoms. The van der Waals surface area contributed by atoms with Gasteiger partial charge >= 0.3 is 11.9 Å². The number of aliphatic hydroxyl groups is 4. The molecular weight excluding hydrogens is 472 g/mol. The van der Waals surface area contributed by atoms with Crippen LogP contribution in [0.2, 0.25) is 0 Å². The predicted molar refractivity (Wildman–Crippen MR) is 121 cm³/mol. The first-order chi connectivity index (χ1) is 17.0. The van der Waals surface area contributed by atoms with Crippen molar-refractivity contribution in [2.75, 3.05) is 13.7 Å². The highest BCUT2D eigenvalue weighted by Crippen LogP contribution is 2.79. The minimum Gasteiger partial charge on any atom is -0.469 e. The molecule has 2 saturated heterocycles. The number of hydrogen-bond acceptors (Lipinski definition) is 10. The fourth-order valence-corrected chi connectivity index (χ4v) is 9.35. The van der Waals surface area contributed by atoms with Crippen molar-refractivity contribution in [1.82, 2.24) is 0 Å². The molecule has 2 aliphatic heterocycles. The molecule has 4 bridgehead atoms. The molecule has 0 aromatic heterocycles. The van der Waals surface area contributed by atoms with Gasteiger partial charge in [-0.05, 0) is 62.9 Å². The van der Waals surface area contributed by atoms with Gasteiger partial charge in [-0.1, -0.05) is 6.58 Å². The van der Waals surface area contributed by atoms with Gasteiger partial charge in [-0.2, -0.15) is 0 Å². The highest BCUT2D eigenvalue weighted by Gasteiger charge is 2.83. The molecule has 6 fully saturated rings. The summed E-state index contributed by atoms with van der Waals surface area (Å²) >= 11 is 0. The molecule has 6 rings (SSSR count). The van der Waals surface area contributed by atoms with E-state index in [-0.39, 0.29) is 23.8 Å². The van der Waals surface area contributed by atoms with Gasteiger partial charge in [0, 0.05) is 11.8 Å². The predicted octanol–water partition coefficient (Wildman–Crippen LogP) is 0.193. The maximum absolute atomic E-state index is 13.5. The Morgan fingerprint density at radius 3 is 2.61 bits per heavy atom. The molecule has 0 aromatic carbocycles. The van der Waals surface area contributed by atoms with Crippen LogP contribution in [-0.4, -0.2) is 88.0 Å². The van der Waals surface area contributed by atoms with Gasteiger partial charge in [0.1, 0.15) is 30.0 Å². The van der Waals surface area contributed by atoms with E-state index in [1.165, 1.54) is 7.11 Å². The SMILES string of the molecule is C=C1C[C@]23C[C@@]1(O[C@@H]1O[C@H](CO)[C@@H](O)[C@H](O)[C@H]1O)CC[C@H]2[C@@]12CCC[C@@](C)(C(=O)O1)[C@H]2[C@@H]3C(=O)OC. The molecule has 0 radical (unpaired) electrons. The van der Waals surface area contributed by atoms with Crippen molar-refractivity contribution in [3.05, 3.63) is 12.2 Å². The van der Waals surface area contributed by atoms with Crippen LogP contribution in [0.4, 0.5) is 0 Å². The molecule has 4 N–H and O–H groups in total. The van der Waals surface area contributed by atoms with E-state index >= 15 is 0 Å². The number of methoxy groups -OCH3 is 1. The molecule has 12 atom stereocenters.